The van der Waals surface area contributed by atoms with E-state index in [4.69, 9.17) is 4.74 Å². The van der Waals surface area contributed by atoms with E-state index in [1.54, 1.807) is 7.05 Å². The number of likely N-dealkylation sites (N-methyl/N-ethyl adjacent to an activating group) is 1. The van der Waals surface area contributed by atoms with Crippen molar-refractivity contribution in [3.8, 4) is 0 Å². The standard InChI is InChI=1S/C24H36N6O.HI/c1-20(22-8-5-4-6-9-22)31-17-7-11-27-24(25-2)28-19-21-10-12-26-23(18-21)30-15-13-29(3)14-16-30;/h4-6,8-10,12,18,20H,7,11,13-17,19H2,1-3H3,(H2,25,27,28);1H. The molecule has 0 spiro atoms. The van der Waals surface area contributed by atoms with Crippen LogP contribution in [0.2, 0.25) is 0 Å². The van der Waals surface area contributed by atoms with E-state index in [1.165, 1.54) is 11.1 Å². The van der Waals surface area contributed by atoms with Gasteiger partial charge in [-0.15, -0.1) is 24.0 Å². The van der Waals surface area contributed by atoms with E-state index in [9.17, 15) is 0 Å². The van der Waals surface area contributed by atoms with Gasteiger partial charge in [0.25, 0.3) is 0 Å². The van der Waals surface area contributed by atoms with Gasteiger partial charge in [0.05, 0.1) is 6.10 Å². The van der Waals surface area contributed by atoms with Gasteiger partial charge < -0.3 is 25.2 Å². The number of nitrogens with zero attached hydrogens (tertiary/aromatic N) is 4. The molecule has 1 aromatic heterocycles. The summed E-state index contributed by atoms with van der Waals surface area (Å²) in [7, 11) is 3.96. The summed E-state index contributed by atoms with van der Waals surface area (Å²) in [5.41, 5.74) is 2.41. The highest BCUT2D eigenvalue weighted by Gasteiger charge is 2.15. The Bertz CT molecular complexity index is 811. The zero-order valence-electron chi connectivity index (χ0n) is 19.5. The molecule has 1 fully saturated rings. The van der Waals surface area contributed by atoms with Gasteiger partial charge in [0.1, 0.15) is 5.82 Å². The van der Waals surface area contributed by atoms with Gasteiger partial charge >= 0.3 is 0 Å². The van der Waals surface area contributed by atoms with Gasteiger partial charge in [0.2, 0.25) is 0 Å². The van der Waals surface area contributed by atoms with Crippen molar-refractivity contribution in [3.05, 3.63) is 59.8 Å². The summed E-state index contributed by atoms with van der Waals surface area (Å²) >= 11 is 0. The number of rotatable bonds is 9. The molecule has 1 aliphatic heterocycles. The van der Waals surface area contributed by atoms with Crippen LogP contribution in [0.25, 0.3) is 0 Å². The molecule has 1 saturated heterocycles. The molecule has 0 bridgehead atoms. The molecule has 1 aromatic carbocycles. The van der Waals surface area contributed by atoms with Crippen molar-refractivity contribution >= 4 is 35.8 Å². The first-order valence-electron chi connectivity index (χ1n) is 11.1. The SMILES string of the molecule is CN=C(NCCCOC(C)c1ccccc1)NCc1ccnc(N2CCN(C)CC2)c1.I. The lowest BCUT2D eigenvalue weighted by Gasteiger charge is -2.33. The number of aliphatic imine (C=N–C) groups is 1. The predicted octanol–water partition coefficient (Wildman–Crippen LogP) is 3.28. The number of anilines is 1. The van der Waals surface area contributed by atoms with Crippen molar-refractivity contribution in [2.75, 3.05) is 58.3 Å². The van der Waals surface area contributed by atoms with E-state index in [0.717, 1.165) is 50.9 Å². The fraction of sp³-hybridized carbons (Fsp3) is 0.500. The molecule has 8 heteroatoms. The fourth-order valence-corrected chi connectivity index (χ4v) is 3.54. The summed E-state index contributed by atoms with van der Waals surface area (Å²) in [6, 6.07) is 14.5. The van der Waals surface area contributed by atoms with E-state index in [-0.39, 0.29) is 30.1 Å². The minimum atomic E-state index is 0. The molecule has 7 nitrogen and oxygen atoms in total. The lowest BCUT2D eigenvalue weighted by molar-refractivity contribution is 0.0646. The second-order valence-corrected chi connectivity index (χ2v) is 7.94. The number of hydrogen-bond acceptors (Lipinski definition) is 5. The first-order valence-corrected chi connectivity index (χ1v) is 11.1. The number of piperazine rings is 1. The summed E-state index contributed by atoms with van der Waals surface area (Å²) in [4.78, 5) is 13.6. The molecule has 2 heterocycles. The van der Waals surface area contributed by atoms with E-state index in [2.05, 4.69) is 68.6 Å². The Morgan fingerprint density at radius 1 is 1.12 bits per heavy atom. The molecular formula is C24H37IN6O. The number of aromatic nitrogens is 1. The highest BCUT2D eigenvalue weighted by atomic mass is 127. The Kier molecular flexibility index (Phi) is 11.8. The highest BCUT2D eigenvalue weighted by molar-refractivity contribution is 14.0. The van der Waals surface area contributed by atoms with Gasteiger partial charge in [-0.05, 0) is 43.7 Å². The quantitative estimate of drug-likeness (QED) is 0.216. The van der Waals surface area contributed by atoms with Crippen molar-refractivity contribution in [3.63, 3.8) is 0 Å². The number of halogens is 1. The van der Waals surface area contributed by atoms with E-state index < -0.39 is 0 Å². The van der Waals surface area contributed by atoms with Gasteiger partial charge in [0, 0.05) is 59.1 Å². The average Bonchev–Trinajstić information content (AvgIpc) is 2.82. The van der Waals surface area contributed by atoms with Crippen LogP contribution >= 0.6 is 24.0 Å². The third-order valence-corrected chi connectivity index (χ3v) is 5.57. The van der Waals surface area contributed by atoms with Crippen LogP contribution in [0.15, 0.2) is 53.7 Å². The Morgan fingerprint density at radius 3 is 2.59 bits per heavy atom. The van der Waals surface area contributed by atoms with Crippen LogP contribution in [0.3, 0.4) is 0 Å². The smallest absolute Gasteiger partial charge is 0.191 e. The zero-order chi connectivity index (χ0) is 21.9. The first kappa shape index (κ1) is 26.3. The molecule has 3 rings (SSSR count). The first-order chi connectivity index (χ1) is 15.2. The molecule has 2 N–H and O–H groups in total. The molecular weight excluding hydrogens is 515 g/mol. The predicted molar refractivity (Wildman–Crippen MR) is 143 cm³/mol. The molecule has 2 aromatic rings. The summed E-state index contributed by atoms with van der Waals surface area (Å²) in [6.45, 7) is 8.52. The lowest BCUT2D eigenvalue weighted by Crippen LogP contribution is -2.44. The minimum Gasteiger partial charge on any atom is -0.374 e. The third kappa shape index (κ3) is 8.55. The van der Waals surface area contributed by atoms with Gasteiger partial charge in [-0.3, -0.25) is 4.99 Å². The molecule has 32 heavy (non-hydrogen) atoms. The molecule has 0 saturated carbocycles. The van der Waals surface area contributed by atoms with E-state index >= 15 is 0 Å². The number of benzene rings is 1. The fourth-order valence-electron chi connectivity index (χ4n) is 3.54. The average molecular weight is 553 g/mol. The van der Waals surface area contributed by atoms with Crippen LogP contribution in [-0.2, 0) is 11.3 Å². The van der Waals surface area contributed by atoms with Gasteiger partial charge in [-0.25, -0.2) is 4.98 Å². The van der Waals surface area contributed by atoms with Crippen molar-refractivity contribution in [1.29, 1.82) is 0 Å². The van der Waals surface area contributed by atoms with Crippen LogP contribution in [0.5, 0.6) is 0 Å². The molecule has 0 amide bonds. The van der Waals surface area contributed by atoms with Crippen LogP contribution in [-0.4, -0.2) is 69.3 Å². The molecule has 1 aliphatic rings. The van der Waals surface area contributed by atoms with E-state index in [0.29, 0.717) is 13.2 Å². The number of nitrogens with one attached hydrogen (secondary N) is 2. The Balaban J connectivity index is 0.00000363. The summed E-state index contributed by atoms with van der Waals surface area (Å²) in [5.74, 6) is 1.86. The monoisotopic (exact) mass is 552 g/mol. The van der Waals surface area contributed by atoms with E-state index in [1.807, 2.05) is 24.4 Å². The molecule has 1 atom stereocenters. The van der Waals surface area contributed by atoms with Gasteiger partial charge in [0.15, 0.2) is 5.96 Å². The summed E-state index contributed by atoms with van der Waals surface area (Å²) in [5, 5.41) is 6.76. The normalized spacial score (nSPS) is 15.7. The number of hydrogen-bond donors (Lipinski definition) is 2. The highest BCUT2D eigenvalue weighted by Crippen LogP contribution is 2.16. The number of ether oxygens (including phenoxy) is 1. The topological polar surface area (TPSA) is 65.0 Å². The second kappa shape index (κ2) is 14.3. The van der Waals surface area contributed by atoms with Crippen LogP contribution in [0.4, 0.5) is 5.82 Å². The Labute approximate surface area is 209 Å². The summed E-state index contributed by atoms with van der Waals surface area (Å²) in [6.07, 6.45) is 2.92. The van der Waals surface area contributed by atoms with Gasteiger partial charge in [-0.2, -0.15) is 0 Å². The van der Waals surface area contributed by atoms with Gasteiger partial charge in [-0.1, -0.05) is 30.3 Å². The zero-order valence-corrected chi connectivity index (χ0v) is 21.8. The maximum absolute atomic E-state index is 5.94. The number of pyridine rings is 1. The molecule has 0 radical (unpaired) electrons. The Hall–Kier alpha value is -1.91. The van der Waals surface area contributed by atoms with Crippen LogP contribution in [0, 0.1) is 0 Å². The molecule has 1 unspecified atom stereocenters. The van der Waals surface area contributed by atoms with Crippen molar-refractivity contribution in [2.24, 2.45) is 4.99 Å². The van der Waals surface area contributed by atoms with Crippen molar-refractivity contribution < 1.29 is 4.74 Å². The lowest BCUT2D eigenvalue weighted by atomic mass is 10.1. The minimum absolute atomic E-state index is 0. The molecule has 0 aliphatic carbocycles. The molecule has 176 valence electrons. The van der Waals surface area contributed by atoms with Crippen molar-refractivity contribution in [1.82, 2.24) is 20.5 Å². The van der Waals surface area contributed by atoms with Crippen LogP contribution in [0.1, 0.15) is 30.6 Å². The summed E-state index contributed by atoms with van der Waals surface area (Å²) < 4.78 is 5.94. The largest absolute Gasteiger partial charge is 0.374 e. The number of guanidine groups is 1. The van der Waals surface area contributed by atoms with Crippen LogP contribution < -0.4 is 15.5 Å². The van der Waals surface area contributed by atoms with Crippen molar-refractivity contribution in [2.45, 2.75) is 26.0 Å². The maximum Gasteiger partial charge on any atom is 0.191 e. The third-order valence-electron chi connectivity index (χ3n) is 5.57. The Morgan fingerprint density at radius 2 is 1.88 bits per heavy atom. The maximum atomic E-state index is 5.94. The second-order valence-electron chi connectivity index (χ2n) is 7.94.